The lowest BCUT2D eigenvalue weighted by Gasteiger charge is -2.11. The largest absolute Gasteiger partial charge is 0.495 e. The van der Waals surface area contributed by atoms with Crippen LogP contribution in [0.1, 0.15) is 28.9 Å². The van der Waals surface area contributed by atoms with Gasteiger partial charge >= 0.3 is 0 Å². The Labute approximate surface area is 121 Å². The third-order valence-electron chi connectivity index (χ3n) is 2.80. The number of nitrogens with zero attached hydrogens (tertiary/aromatic N) is 2. The highest BCUT2D eigenvalue weighted by atomic mass is 35.5. The van der Waals surface area contributed by atoms with Gasteiger partial charge in [0.15, 0.2) is 0 Å². The zero-order chi connectivity index (χ0) is 14.7. The highest BCUT2D eigenvalue weighted by Gasteiger charge is 2.15. The summed E-state index contributed by atoms with van der Waals surface area (Å²) in [5.74, 6) is 0.840. The number of carbonyl (C=O) groups is 1. The topological polar surface area (TPSA) is 79.9 Å². The van der Waals surface area contributed by atoms with Crippen LogP contribution in [-0.4, -0.2) is 28.2 Å². The molecule has 0 fully saturated rings. The highest BCUT2D eigenvalue weighted by molar-refractivity contribution is 6.31. The summed E-state index contributed by atoms with van der Waals surface area (Å²) in [5.41, 5.74) is 1.37. The minimum atomic E-state index is -0.402. The van der Waals surface area contributed by atoms with E-state index in [0.29, 0.717) is 28.7 Å². The number of amides is 1. The number of carbonyl (C=O) groups excluding carboxylic acids is 1. The number of rotatable bonds is 4. The van der Waals surface area contributed by atoms with Crippen molar-refractivity contribution in [2.75, 3.05) is 12.4 Å². The minimum absolute atomic E-state index is 0.0940. The number of methoxy groups -OCH3 is 1. The van der Waals surface area contributed by atoms with Gasteiger partial charge in [-0.3, -0.25) is 9.89 Å². The van der Waals surface area contributed by atoms with Crippen molar-refractivity contribution in [1.82, 2.24) is 15.2 Å². The smallest absolute Gasteiger partial charge is 0.295 e. The van der Waals surface area contributed by atoms with Gasteiger partial charge < -0.3 is 10.1 Å². The lowest BCUT2D eigenvalue weighted by Crippen LogP contribution is -2.14. The first-order valence-electron chi connectivity index (χ1n) is 6.12. The summed E-state index contributed by atoms with van der Waals surface area (Å²) in [4.78, 5) is 16.1. The Morgan fingerprint density at radius 2 is 2.25 bits per heavy atom. The van der Waals surface area contributed by atoms with Gasteiger partial charge in [-0.05, 0) is 18.6 Å². The Morgan fingerprint density at radius 1 is 1.50 bits per heavy atom. The van der Waals surface area contributed by atoms with E-state index >= 15 is 0 Å². The third kappa shape index (κ3) is 2.91. The highest BCUT2D eigenvalue weighted by Crippen LogP contribution is 2.31. The molecule has 2 N–H and O–H groups in total. The molecule has 1 aromatic carbocycles. The van der Waals surface area contributed by atoms with Gasteiger partial charge in [0, 0.05) is 17.5 Å². The van der Waals surface area contributed by atoms with E-state index in [1.165, 1.54) is 7.11 Å². The van der Waals surface area contributed by atoms with Gasteiger partial charge in [-0.2, -0.15) is 0 Å². The summed E-state index contributed by atoms with van der Waals surface area (Å²) in [7, 11) is 1.51. The maximum absolute atomic E-state index is 12.1. The first kappa shape index (κ1) is 14.3. The van der Waals surface area contributed by atoms with Crippen molar-refractivity contribution in [3.8, 4) is 5.75 Å². The van der Waals surface area contributed by atoms with E-state index in [4.69, 9.17) is 16.3 Å². The Morgan fingerprint density at radius 3 is 2.85 bits per heavy atom. The number of H-pyrrole nitrogens is 1. The van der Waals surface area contributed by atoms with E-state index in [9.17, 15) is 4.79 Å². The molecule has 1 amide bonds. The Bertz CT molecular complexity index is 639. The molecule has 1 heterocycles. The first-order valence-corrected chi connectivity index (χ1v) is 6.49. The Hall–Kier alpha value is -2.08. The number of aromatic nitrogens is 3. The Kier molecular flexibility index (Phi) is 4.24. The summed E-state index contributed by atoms with van der Waals surface area (Å²) in [6, 6.07) is 3.40. The van der Waals surface area contributed by atoms with Gasteiger partial charge in [-0.1, -0.05) is 18.5 Å². The van der Waals surface area contributed by atoms with E-state index in [-0.39, 0.29) is 5.82 Å². The van der Waals surface area contributed by atoms with E-state index in [2.05, 4.69) is 20.5 Å². The maximum Gasteiger partial charge on any atom is 0.295 e. The lowest BCUT2D eigenvalue weighted by molar-refractivity contribution is 0.101. The fraction of sp³-hybridized carbons (Fsp3) is 0.308. The molecule has 6 nitrogen and oxygen atoms in total. The van der Waals surface area contributed by atoms with Crippen LogP contribution in [0.15, 0.2) is 12.1 Å². The van der Waals surface area contributed by atoms with Gasteiger partial charge in [-0.15, -0.1) is 5.10 Å². The number of hydrogen-bond donors (Lipinski definition) is 2. The first-order chi connectivity index (χ1) is 9.55. The van der Waals surface area contributed by atoms with Gasteiger partial charge in [0.05, 0.1) is 12.8 Å². The molecule has 0 atom stereocenters. The second kappa shape index (κ2) is 5.92. The summed E-state index contributed by atoms with van der Waals surface area (Å²) < 4.78 is 5.20. The van der Waals surface area contributed by atoms with Crippen molar-refractivity contribution >= 4 is 23.2 Å². The van der Waals surface area contributed by atoms with Gasteiger partial charge in [0.1, 0.15) is 11.6 Å². The quantitative estimate of drug-likeness (QED) is 0.908. The molecule has 0 unspecified atom stereocenters. The Balaban J connectivity index is 2.25. The summed E-state index contributed by atoms with van der Waals surface area (Å²) in [6.45, 7) is 3.77. The van der Waals surface area contributed by atoms with Crippen LogP contribution in [0.25, 0.3) is 0 Å². The van der Waals surface area contributed by atoms with Gasteiger partial charge in [0.2, 0.25) is 5.82 Å². The maximum atomic E-state index is 12.1. The molecule has 1 aromatic heterocycles. The van der Waals surface area contributed by atoms with Crippen LogP contribution >= 0.6 is 11.6 Å². The second-order valence-electron chi connectivity index (χ2n) is 4.22. The molecule has 0 saturated carbocycles. The zero-order valence-corrected chi connectivity index (χ0v) is 12.2. The molecule has 7 heteroatoms. The number of aryl methyl sites for hydroxylation is 2. The molecule has 0 radical (unpaired) electrons. The van der Waals surface area contributed by atoms with Crippen LogP contribution < -0.4 is 10.1 Å². The SMILES string of the molecule is CCc1nc(C(=O)Nc2cc(C)c(Cl)cc2OC)n[nH]1. The van der Waals surface area contributed by atoms with E-state index in [0.717, 1.165) is 5.56 Å². The number of halogens is 1. The summed E-state index contributed by atoms with van der Waals surface area (Å²) in [6.07, 6.45) is 0.684. The van der Waals surface area contributed by atoms with E-state index in [1.54, 1.807) is 12.1 Å². The number of benzene rings is 1. The van der Waals surface area contributed by atoms with Crippen LogP contribution in [-0.2, 0) is 6.42 Å². The van der Waals surface area contributed by atoms with Crippen molar-refractivity contribution in [1.29, 1.82) is 0 Å². The van der Waals surface area contributed by atoms with Crippen molar-refractivity contribution in [2.24, 2.45) is 0 Å². The number of aromatic amines is 1. The molecular weight excluding hydrogens is 280 g/mol. The minimum Gasteiger partial charge on any atom is -0.495 e. The van der Waals surface area contributed by atoms with Crippen LogP contribution in [0, 0.1) is 6.92 Å². The monoisotopic (exact) mass is 294 g/mol. The van der Waals surface area contributed by atoms with Crippen molar-refractivity contribution < 1.29 is 9.53 Å². The second-order valence-corrected chi connectivity index (χ2v) is 4.62. The molecule has 0 aliphatic heterocycles. The summed E-state index contributed by atoms with van der Waals surface area (Å²) in [5, 5.41) is 9.85. The van der Waals surface area contributed by atoms with Crippen molar-refractivity contribution in [2.45, 2.75) is 20.3 Å². The van der Waals surface area contributed by atoms with Crippen LogP contribution in [0.2, 0.25) is 5.02 Å². The summed E-state index contributed by atoms with van der Waals surface area (Å²) >= 11 is 6.02. The normalized spacial score (nSPS) is 10.4. The average Bonchev–Trinajstić information content (AvgIpc) is 2.91. The van der Waals surface area contributed by atoms with Crippen LogP contribution in [0.5, 0.6) is 5.75 Å². The van der Waals surface area contributed by atoms with Crippen molar-refractivity contribution in [3.05, 3.63) is 34.4 Å². The van der Waals surface area contributed by atoms with Gasteiger partial charge in [-0.25, -0.2) is 4.98 Å². The predicted octanol–water partition coefficient (Wildman–Crippen LogP) is 2.59. The molecule has 0 spiro atoms. The van der Waals surface area contributed by atoms with Gasteiger partial charge in [0.25, 0.3) is 5.91 Å². The van der Waals surface area contributed by atoms with E-state index < -0.39 is 5.91 Å². The molecule has 0 saturated heterocycles. The van der Waals surface area contributed by atoms with Crippen LogP contribution in [0.4, 0.5) is 5.69 Å². The number of nitrogens with one attached hydrogen (secondary N) is 2. The molecule has 0 bridgehead atoms. The third-order valence-corrected chi connectivity index (χ3v) is 3.21. The molecule has 0 aliphatic carbocycles. The standard InChI is InChI=1S/C13H15ClN4O2/c1-4-11-16-12(18-17-11)13(19)15-9-5-7(2)8(14)6-10(9)20-3/h5-6H,4H2,1-3H3,(H,15,19)(H,16,17,18). The molecule has 0 aliphatic rings. The van der Waals surface area contributed by atoms with Crippen molar-refractivity contribution in [3.63, 3.8) is 0 Å². The molecule has 106 valence electrons. The molecule has 2 rings (SSSR count). The number of ether oxygens (including phenoxy) is 1. The molecular formula is C13H15ClN4O2. The predicted molar refractivity (Wildman–Crippen MR) is 76.5 cm³/mol. The van der Waals surface area contributed by atoms with E-state index in [1.807, 2.05) is 13.8 Å². The van der Waals surface area contributed by atoms with Crippen LogP contribution in [0.3, 0.4) is 0 Å². The molecule has 2 aromatic rings. The zero-order valence-electron chi connectivity index (χ0n) is 11.5. The fourth-order valence-electron chi connectivity index (χ4n) is 1.66. The average molecular weight is 295 g/mol. The number of anilines is 1. The lowest BCUT2D eigenvalue weighted by atomic mass is 10.2. The number of hydrogen-bond acceptors (Lipinski definition) is 4. The fourth-order valence-corrected chi connectivity index (χ4v) is 1.82. The molecule has 20 heavy (non-hydrogen) atoms.